The Morgan fingerprint density at radius 1 is 1.29 bits per heavy atom. The van der Waals surface area contributed by atoms with Crippen molar-refractivity contribution in [1.82, 2.24) is 4.98 Å². The van der Waals surface area contributed by atoms with Crippen LogP contribution in [0.15, 0.2) is 46.8 Å². The van der Waals surface area contributed by atoms with E-state index in [-0.39, 0.29) is 11.2 Å². The summed E-state index contributed by atoms with van der Waals surface area (Å²) in [6, 6.07) is 13.5. The van der Waals surface area contributed by atoms with Gasteiger partial charge in [0.15, 0.2) is 4.34 Å². The third-order valence-electron chi connectivity index (χ3n) is 3.62. The lowest BCUT2D eigenvalue weighted by Crippen LogP contribution is -2.24. The molecular weight excluding hydrogens is 338 g/mol. The summed E-state index contributed by atoms with van der Waals surface area (Å²) in [5.41, 5.74) is 9.45. The molecule has 1 aromatic heterocycles. The molecule has 0 aliphatic carbocycles. The second kappa shape index (κ2) is 7.23. The summed E-state index contributed by atoms with van der Waals surface area (Å²) >= 11 is 3.08. The first kappa shape index (κ1) is 16.8. The molecule has 6 heteroatoms. The molecule has 0 fully saturated rings. The molecule has 0 bridgehead atoms. The number of carbonyl (C=O) groups excluding carboxylic acids is 1. The van der Waals surface area contributed by atoms with Crippen molar-refractivity contribution in [3.63, 3.8) is 0 Å². The zero-order valence-electron chi connectivity index (χ0n) is 13.6. The molecule has 0 saturated heterocycles. The minimum absolute atomic E-state index is 0.00474. The molecule has 0 saturated carbocycles. The minimum Gasteiger partial charge on any atom is -0.399 e. The van der Waals surface area contributed by atoms with Crippen LogP contribution in [0.1, 0.15) is 18.9 Å². The van der Waals surface area contributed by atoms with Crippen molar-refractivity contribution in [2.24, 2.45) is 0 Å². The second-order valence-corrected chi connectivity index (χ2v) is 8.06. The molecular formula is C18H19N3OS2. The van der Waals surface area contributed by atoms with E-state index in [0.29, 0.717) is 0 Å². The zero-order chi connectivity index (χ0) is 17.1. The first-order valence-corrected chi connectivity index (χ1v) is 9.45. The molecule has 3 rings (SSSR count). The van der Waals surface area contributed by atoms with E-state index in [1.54, 1.807) is 11.3 Å². The molecule has 0 aliphatic heterocycles. The number of nitrogens with two attached hydrogens (primary N) is 1. The molecule has 3 aromatic rings. The van der Waals surface area contributed by atoms with Crippen LogP contribution in [0.5, 0.6) is 0 Å². The maximum atomic E-state index is 12.5. The van der Waals surface area contributed by atoms with E-state index in [1.165, 1.54) is 17.3 Å². The molecule has 3 N–H and O–H groups in total. The van der Waals surface area contributed by atoms with Crippen LogP contribution in [0.4, 0.5) is 11.4 Å². The van der Waals surface area contributed by atoms with Crippen molar-refractivity contribution in [2.75, 3.05) is 11.1 Å². The number of fused-ring (bicyclic) bond motifs is 1. The van der Waals surface area contributed by atoms with Crippen LogP contribution in [-0.4, -0.2) is 16.1 Å². The van der Waals surface area contributed by atoms with Crippen LogP contribution in [-0.2, 0) is 4.79 Å². The Bertz CT molecular complexity index is 858. The van der Waals surface area contributed by atoms with Crippen LogP contribution in [0, 0.1) is 6.92 Å². The Hall–Kier alpha value is -2.05. The summed E-state index contributed by atoms with van der Waals surface area (Å²) < 4.78 is 1.94. The van der Waals surface area contributed by atoms with Crippen LogP contribution in [0.25, 0.3) is 10.2 Å². The number of thioether (sulfide) groups is 1. The lowest BCUT2D eigenvalue weighted by atomic mass is 10.2. The van der Waals surface area contributed by atoms with Crippen molar-refractivity contribution >= 4 is 50.6 Å². The Kier molecular flexibility index (Phi) is 5.06. The molecule has 1 heterocycles. The topological polar surface area (TPSA) is 68.0 Å². The fraction of sp³-hybridized carbons (Fsp3) is 0.222. The molecule has 1 unspecified atom stereocenters. The summed E-state index contributed by atoms with van der Waals surface area (Å²) in [7, 11) is 0. The van der Waals surface area contributed by atoms with Crippen LogP contribution >= 0.6 is 23.1 Å². The fourth-order valence-corrected chi connectivity index (χ4v) is 4.56. The van der Waals surface area contributed by atoms with Gasteiger partial charge in [-0.15, -0.1) is 11.3 Å². The number of rotatable bonds is 5. The first-order valence-electron chi connectivity index (χ1n) is 7.75. The van der Waals surface area contributed by atoms with E-state index in [9.17, 15) is 4.79 Å². The van der Waals surface area contributed by atoms with E-state index in [2.05, 4.69) is 10.3 Å². The van der Waals surface area contributed by atoms with Gasteiger partial charge in [0.2, 0.25) is 5.91 Å². The van der Waals surface area contributed by atoms with Gasteiger partial charge in [0.05, 0.1) is 15.5 Å². The largest absolute Gasteiger partial charge is 0.399 e. The van der Waals surface area contributed by atoms with Crippen molar-refractivity contribution in [1.29, 1.82) is 0 Å². The highest BCUT2D eigenvalue weighted by atomic mass is 32.2. The number of aromatic nitrogens is 1. The number of nitrogen functional groups attached to an aromatic ring is 1. The van der Waals surface area contributed by atoms with E-state index in [0.717, 1.165) is 32.4 Å². The van der Waals surface area contributed by atoms with Crippen LogP contribution < -0.4 is 11.1 Å². The summed E-state index contributed by atoms with van der Waals surface area (Å²) in [5.74, 6) is 0.00474. The molecule has 4 nitrogen and oxygen atoms in total. The van der Waals surface area contributed by atoms with Crippen LogP contribution in [0.3, 0.4) is 0 Å². The third kappa shape index (κ3) is 3.88. The summed E-state index contributed by atoms with van der Waals surface area (Å²) in [6.45, 7) is 4.04. The lowest BCUT2D eigenvalue weighted by Gasteiger charge is -2.13. The Labute approximate surface area is 149 Å². The molecule has 0 spiro atoms. The highest BCUT2D eigenvalue weighted by Gasteiger charge is 2.20. The monoisotopic (exact) mass is 357 g/mol. The highest BCUT2D eigenvalue weighted by molar-refractivity contribution is 8.02. The second-order valence-electron chi connectivity index (χ2n) is 5.58. The lowest BCUT2D eigenvalue weighted by molar-refractivity contribution is -0.115. The number of hydrogen-bond donors (Lipinski definition) is 2. The highest BCUT2D eigenvalue weighted by Crippen LogP contribution is 2.34. The predicted octanol–water partition coefficient (Wildman–Crippen LogP) is 4.70. The van der Waals surface area contributed by atoms with Crippen molar-refractivity contribution in [3.05, 3.63) is 48.0 Å². The van der Waals surface area contributed by atoms with Gasteiger partial charge in [-0.05, 0) is 43.7 Å². The number of carbonyl (C=O) groups is 1. The SMILES string of the molecule is CCC(Sc1nc2ccc(N)cc2s1)C(=O)Nc1ccc(C)cc1. The molecule has 0 aliphatic rings. The Morgan fingerprint density at radius 3 is 2.75 bits per heavy atom. The molecule has 0 radical (unpaired) electrons. The number of amides is 1. The molecule has 24 heavy (non-hydrogen) atoms. The molecule has 1 amide bonds. The zero-order valence-corrected chi connectivity index (χ0v) is 15.2. The number of aryl methyl sites for hydroxylation is 1. The van der Waals surface area contributed by atoms with Gasteiger partial charge in [-0.1, -0.05) is 36.4 Å². The van der Waals surface area contributed by atoms with E-state index >= 15 is 0 Å². The number of nitrogens with zero attached hydrogens (tertiary/aromatic N) is 1. The minimum atomic E-state index is -0.177. The average Bonchev–Trinajstić information content (AvgIpc) is 2.96. The van der Waals surface area contributed by atoms with Gasteiger partial charge in [0, 0.05) is 11.4 Å². The van der Waals surface area contributed by atoms with Crippen LogP contribution in [0.2, 0.25) is 0 Å². The molecule has 124 valence electrons. The van der Waals surface area contributed by atoms with Gasteiger partial charge >= 0.3 is 0 Å². The number of hydrogen-bond acceptors (Lipinski definition) is 5. The van der Waals surface area contributed by atoms with E-state index in [4.69, 9.17) is 5.73 Å². The maximum Gasteiger partial charge on any atom is 0.237 e. The Morgan fingerprint density at radius 2 is 2.04 bits per heavy atom. The van der Waals surface area contributed by atoms with Crippen molar-refractivity contribution in [3.8, 4) is 0 Å². The number of anilines is 2. The standard InChI is InChI=1S/C18H19N3OS2/c1-3-15(17(22)20-13-7-4-11(2)5-8-13)23-18-21-14-9-6-12(19)10-16(14)24-18/h4-10,15H,3,19H2,1-2H3,(H,20,22). The summed E-state index contributed by atoms with van der Waals surface area (Å²) in [6.07, 6.45) is 0.737. The predicted molar refractivity (Wildman–Crippen MR) is 104 cm³/mol. The smallest absolute Gasteiger partial charge is 0.237 e. The van der Waals surface area contributed by atoms with Crippen molar-refractivity contribution in [2.45, 2.75) is 29.9 Å². The third-order valence-corrected chi connectivity index (χ3v) is 6.09. The van der Waals surface area contributed by atoms with Gasteiger partial charge in [0.1, 0.15) is 0 Å². The summed E-state index contributed by atoms with van der Waals surface area (Å²) in [4.78, 5) is 17.1. The van der Waals surface area contributed by atoms with Gasteiger partial charge < -0.3 is 11.1 Å². The average molecular weight is 358 g/mol. The van der Waals surface area contributed by atoms with E-state index in [1.807, 2.05) is 56.3 Å². The summed E-state index contributed by atoms with van der Waals surface area (Å²) in [5, 5.41) is 2.80. The number of thiazole rings is 1. The van der Waals surface area contributed by atoms with Gasteiger partial charge in [-0.3, -0.25) is 4.79 Å². The quantitative estimate of drug-likeness (QED) is 0.513. The van der Waals surface area contributed by atoms with E-state index < -0.39 is 0 Å². The number of nitrogens with one attached hydrogen (secondary N) is 1. The van der Waals surface area contributed by atoms with Gasteiger partial charge in [0.25, 0.3) is 0 Å². The molecule has 1 atom stereocenters. The van der Waals surface area contributed by atoms with Gasteiger partial charge in [-0.2, -0.15) is 0 Å². The normalized spacial score (nSPS) is 12.2. The molecule has 2 aromatic carbocycles. The maximum absolute atomic E-state index is 12.5. The fourth-order valence-electron chi connectivity index (χ4n) is 2.27. The van der Waals surface area contributed by atoms with Gasteiger partial charge in [-0.25, -0.2) is 4.98 Å². The van der Waals surface area contributed by atoms with Crippen molar-refractivity contribution < 1.29 is 4.79 Å². The number of benzene rings is 2. The Balaban J connectivity index is 1.72. The first-order chi connectivity index (χ1) is 11.5.